The Labute approximate surface area is 108 Å². The molecule has 4 N–H and O–H groups in total. The van der Waals surface area contributed by atoms with E-state index in [9.17, 15) is 0 Å². The molecule has 16 heavy (non-hydrogen) atoms. The van der Waals surface area contributed by atoms with E-state index >= 15 is 0 Å². The largest absolute Gasteiger partial charge is 0.409 e. The van der Waals surface area contributed by atoms with E-state index < -0.39 is 0 Å². The van der Waals surface area contributed by atoms with Gasteiger partial charge in [-0.05, 0) is 19.1 Å². The van der Waals surface area contributed by atoms with E-state index in [4.69, 9.17) is 45.7 Å². The van der Waals surface area contributed by atoms with Crippen molar-refractivity contribution < 1.29 is 5.21 Å². The lowest BCUT2D eigenvalue weighted by molar-refractivity contribution is 0.316. The number of nitrogens with two attached hydrogens (primary N) is 1. The quantitative estimate of drug-likeness (QED) is 0.262. The first-order valence-electron chi connectivity index (χ1n) is 4.34. The van der Waals surface area contributed by atoms with Crippen molar-refractivity contribution in [3.8, 4) is 0 Å². The van der Waals surface area contributed by atoms with E-state index in [0.29, 0.717) is 20.8 Å². The van der Waals surface area contributed by atoms with Crippen molar-refractivity contribution in [3.63, 3.8) is 0 Å². The number of rotatable bonds is 3. The van der Waals surface area contributed by atoms with E-state index in [1.54, 1.807) is 13.0 Å². The molecular formula is C9H10Cl3N3O. The van der Waals surface area contributed by atoms with Crippen molar-refractivity contribution in [2.75, 3.05) is 5.32 Å². The number of halogens is 3. The minimum atomic E-state index is -0.375. The maximum absolute atomic E-state index is 8.49. The molecule has 0 amide bonds. The molecule has 0 spiro atoms. The van der Waals surface area contributed by atoms with Crippen LogP contribution >= 0.6 is 34.8 Å². The summed E-state index contributed by atoms with van der Waals surface area (Å²) >= 11 is 17.6. The third-order valence-corrected chi connectivity index (χ3v) is 2.98. The summed E-state index contributed by atoms with van der Waals surface area (Å²) in [6.07, 6.45) is 0. The topological polar surface area (TPSA) is 70.6 Å². The highest BCUT2D eigenvalue weighted by molar-refractivity contribution is 6.44. The van der Waals surface area contributed by atoms with Crippen LogP contribution in [-0.2, 0) is 0 Å². The second-order valence-corrected chi connectivity index (χ2v) is 4.36. The highest BCUT2D eigenvalue weighted by Crippen LogP contribution is 2.32. The predicted octanol–water partition coefficient (Wildman–Crippen LogP) is 3.19. The first-order valence-corrected chi connectivity index (χ1v) is 5.47. The zero-order chi connectivity index (χ0) is 12.3. The molecule has 0 heterocycles. The SMILES string of the molecule is CC(Nc1cc(Cl)c(Cl)cc1Cl)C(N)=NO. The Morgan fingerprint density at radius 1 is 1.31 bits per heavy atom. The van der Waals surface area contributed by atoms with Crippen molar-refractivity contribution in [2.24, 2.45) is 10.9 Å². The summed E-state index contributed by atoms with van der Waals surface area (Å²) in [6.45, 7) is 1.72. The van der Waals surface area contributed by atoms with Gasteiger partial charge in [-0.2, -0.15) is 0 Å². The molecule has 0 aliphatic heterocycles. The van der Waals surface area contributed by atoms with Gasteiger partial charge in [-0.3, -0.25) is 0 Å². The minimum Gasteiger partial charge on any atom is -0.409 e. The van der Waals surface area contributed by atoms with Crippen molar-refractivity contribution in [3.05, 3.63) is 27.2 Å². The second-order valence-electron chi connectivity index (χ2n) is 3.14. The third kappa shape index (κ3) is 3.07. The highest BCUT2D eigenvalue weighted by Gasteiger charge is 2.11. The number of benzene rings is 1. The summed E-state index contributed by atoms with van der Waals surface area (Å²) in [5.41, 5.74) is 5.98. The molecule has 1 unspecified atom stereocenters. The molecule has 1 aromatic carbocycles. The Morgan fingerprint density at radius 2 is 1.88 bits per heavy atom. The molecule has 0 aliphatic rings. The Bertz CT molecular complexity index is 423. The fourth-order valence-electron chi connectivity index (χ4n) is 1.03. The molecule has 0 aliphatic carbocycles. The van der Waals surface area contributed by atoms with Crippen LogP contribution in [-0.4, -0.2) is 17.1 Å². The Kier molecular flexibility index (Phi) is 4.53. The normalized spacial score (nSPS) is 13.6. The Hall–Kier alpha value is -0.840. The van der Waals surface area contributed by atoms with Crippen molar-refractivity contribution >= 4 is 46.3 Å². The lowest BCUT2D eigenvalue weighted by Gasteiger charge is -2.15. The molecule has 4 nitrogen and oxygen atoms in total. The van der Waals surface area contributed by atoms with Crippen molar-refractivity contribution in [1.29, 1.82) is 0 Å². The van der Waals surface area contributed by atoms with Gasteiger partial charge < -0.3 is 16.3 Å². The molecule has 88 valence electrons. The van der Waals surface area contributed by atoms with Crippen molar-refractivity contribution in [1.82, 2.24) is 0 Å². The van der Waals surface area contributed by atoms with Crippen LogP contribution in [0.25, 0.3) is 0 Å². The van der Waals surface area contributed by atoms with E-state index in [2.05, 4.69) is 10.5 Å². The van der Waals surface area contributed by atoms with Gasteiger partial charge in [0.25, 0.3) is 0 Å². The molecule has 0 saturated heterocycles. The molecule has 1 aromatic rings. The Morgan fingerprint density at radius 3 is 2.44 bits per heavy atom. The van der Waals surface area contributed by atoms with Crippen LogP contribution in [0.3, 0.4) is 0 Å². The van der Waals surface area contributed by atoms with Gasteiger partial charge in [-0.25, -0.2) is 0 Å². The standard InChI is InChI=1S/C9H10Cl3N3O/c1-4(9(13)15-16)14-8-3-6(11)5(10)2-7(8)12/h2-4,14,16H,1H3,(H2,13,15). The second kappa shape index (κ2) is 5.48. The van der Waals surface area contributed by atoms with Crippen molar-refractivity contribution in [2.45, 2.75) is 13.0 Å². The number of nitrogens with one attached hydrogen (secondary N) is 1. The molecule has 0 fully saturated rings. The number of anilines is 1. The zero-order valence-corrected chi connectivity index (χ0v) is 10.6. The number of oxime groups is 1. The van der Waals surface area contributed by atoms with E-state index in [0.717, 1.165) is 0 Å². The zero-order valence-electron chi connectivity index (χ0n) is 8.34. The van der Waals surface area contributed by atoms with Gasteiger partial charge in [0, 0.05) is 0 Å². The average molecular weight is 283 g/mol. The lowest BCUT2D eigenvalue weighted by Crippen LogP contribution is -2.32. The van der Waals surface area contributed by atoms with Gasteiger partial charge in [0.05, 0.1) is 26.8 Å². The van der Waals surface area contributed by atoms with Crippen LogP contribution in [0.2, 0.25) is 15.1 Å². The van der Waals surface area contributed by atoms with E-state index in [1.807, 2.05) is 0 Å². The predicted molar refractivity (Wildman–Crippen MR) is 68.0 cm³/mol. The smallest absolute Gasteiger partial charge is 0.161 e. The van der Waals surface area contributed by atoms with Gasteiger partial charge in [-0.1, -0.05) is 40.0 Å². The summed E-state index contributed by atoms with van der Waals surface area (Å²) in [5.74, 6) is 0.0436. The maximum atomic E-state index is 8.49. The molecule has 0 radical (unpaired) electrons. The van der Waals surface area contributed by atoms with Gasteiger partial charge in [0.1, 0.15) is 0 Å². The maximum Gasteiger partial charge on any atom is 0.161 e. The molecule has 0 saturated carbocycles. The summed E-state index contributed by atoms with van der Waals surface area (Å²) in [4.78, 5) is 0. The van der Waals surface area contributed by atoms with Crippen LogP contribution in [0.15, 0.2) is 17.3 Å². The lowest BCUT2D eigenvalue weighted by atomic mass is 10.2. The van der Waals surface area contributed by atoms with Crippen LogP contribution in [0.4, 0.5) is 5.69 Å². The van der Waals surface area contributed by atoms with E-state index in [-0.39, 0.29) is 11.9 Å². The summed E-state index contributed by atoms with van der Waals surface area (Å²) < 4.78 is 0. The molecule has 7 heteroatoms. The molecule has 0 aromatic heterocycles. The molecule has 1 atom stereocenters. The fraction of sp³-hybridized carbons (Fsp3) is 0.222. The van der Waals surface area contributed by atoms with Gasteiger partial charge in [0.15, 0.2) is 5.84 Å². The van der Waals surface area contributed by atoms with Gasteiger partial charge in [-0.15, -0.1) is 0 Å². The monoisotopic (exact) mass is 281 g/mol. The summed E-state index contributed by atoms with van der Waals surface area (Å²) in [5, 5.41) is 15.5. The minimum absolute atomic E-state index is 0.0436. The third-order valence-electron chi connectivity index (χ3n) is 1.94. The molecule has 0 bridgehead atoms. The molecule has 1 rings (SSSR count). The number of hydrogen-bond acceptors (Lipinski definition) is 3. The van der Waals surface area contributed by atoms with Gasteiger partial charge >= 0.3 is 0 Å². The van der Waals surface area contributed by atoms with Crippen LogP contribution in [0, 0.1) is 0 Å². The number of nitrogens with zero attached hydrogens (tertiary/aromatic N) is 1. The van der Waals surface area contributed by atoms with E-state index in [1.165, 1.54) is 6.07 Å². The fourth-order valence-corrected chi connectivity index (χ4v) is 1.63. The van der Waals surface area contributed by atoms with Crippen LogP contribution in [0.5, 0.6) is 0 Å². The summed E-state index contributed by atoms with van der Waals surface area (Å²) in [7, 11) is 0. The number of amidine groups is 1. The summed E-state index contributed by atoms with van der Waals surface area (Å²) in [6, 6.07) is 2.72. The van der Waals surface area contributed by atoms with Crippen LogP contribution in [0.1, 0.15) is 6.92 Å². The Balaban J connectivity index is 2.94. The first-order chi connectivity index (χ1) is 7.45. The average Bonchev–Trinajstić information content (AvgIpc) is 2.24. The van der Waals surface area contributed by atoms with Crippen LogP contribution < -0.4 is 11.1 Å². The van der Waals surface area contributed by atoms with Gasteiger partial charge in [0.2, 0.25) is 0 Å². The molecular weight excluding hydrogens is 272 g/mol. The first kappa shape index (κ1) is 13.2. The number of hydrogen-bond donors (Lipinski definition) is 3. The highest BCUT2D eigenvalue weighted by atomic mass is 35.5.